The first-order chi connectivity index (χ1) is 8.99. The second-order valence-electron chi connectivity index (χ2n) is 4.51. The minimum atomic E-state index is -1.00. The minimum absolute atomic E-state index is 0.162. The Hall–Kier alpha value is -1.75. The lowest BCUT2D eigenvalue weighted by Crippen LogP contribution is -2.37. The van der Waals surface area contributed by atoms with Crippen molar-refractivity contribution in [3.63, 3.8) is 0 Å². The second-order valence-corrected chi connectivity index (χ2v) is 5.36. The number of hydrogen-bond acceptors (Lipinski definition) is 3. The quantitative estimate of drug-likeness (QED) is 0.920. The zero-order chi connectivity index (χ0) is 14.0. The predicted octanol–water partition coefficient (Wildman–Crippen LogP) is 2.26. The third kappa shape index (κ3) is 2.98. The maximum Gasteiger partial charge on any atom is 0.323 e. The number of carbonyl (C=O) groups is 2. The van der Waals surface area contributed by atoms with Crippen LogP contribution in [0.4, 0.5) is 0 Å². The predicted molar refractivity (Wildman–Crippen MR) is 75.7 cm³/mol. The molecule has 0 radical (unpaired) electrons. The van der Waals surface area contributed by atoms with Crippen LogP contribution in [-0.2, 0) is 9.59 Å². The number of amides is 1. The number of nitrogens with zero attached hydrogens (tertiary/aromatic N) is 1. The number of rotatable bonds is 3. The average molecular weight is 277 g/mol. The summed E-state index contributed by atoms with van der Waals surface area (Å²) in [5.41, 5.74) is 3.77. The molecule has 19 heavy (non-hydrogen) atoms. The summed E-state index contributed by atoms with van der Waals surface area (Å²) in [5, 5.41) is 10.8. The lowest BCUT2D eigenvalue weighted by atomic mass is 10.0. The summed E-state index contributed by atoms with van der Waals surface area (Å²) in [6.07, 6.45) is 0. The van der Waals surface area contributed by atoms with E-state index in [2.05, 4.69) is 0 Å². The van der Waals surface area contributed by atoms with Gasteiger partial charge in [-0.2, -0.15) is 0 Å². The van der Waals surface area contributed by atoms with Gasteiger partial charge in [0.15, 0.2) is 0 Å². The van der Waals surface area contributed by atoms with E-state index in [0.717, 1.165) is 16.7 Å². The Morgan fingerprint density at radius 2 is 2.16 bits per heavy atom. The first-order valence-electron chi connectivity index (χ1n) is 5.90. The van der Waals surface area contributed by atoms with Gasteiger partial charge < -0.3 is 5.11 Å². The molecule has 1 aromatic rings. The number of aliphatic carboxylic acids is 1. The lowest BCUT2D eigenvalue weighted by molar-refractivity contribution is -0.141. The Bertz CT molecular complexity index is 566. The third-order valence-corrected chi connectivity index (χ3v) is 3.75. The molecule has 1 aromatic carbocycles. The van der Waals surface area contributed by atoms with Gasteiger partial charge in [-0.05, 0) is 24.8 Å². The van der Waals surface area contributed by atoms with Crippen LogP contribution in [0.3, 0.4) is 0 Å². The second kappa shape index (κ2) is 5.48. The molecule has 0 unspecified atom stereocenters. The lowest BCUT2D eigenvalue weighted by Gasteiger charge is -2.28. The van der Waals surface area contributed by atoms with Gasteiger partial charge in [-0.25, -0.2) is 0 Å². The minimum Gasteiger partial charge on any atom is -0.480 e. The highest BCUT2D eigenvalue weighted by molar-refractivity contribution is 8.03. The Balaban J connectivity index is 2.42. The average Bonchev–Trinajstić information content (AvgIpc) is 2.32. The third-order valence-electron chi connectivity index (χ3n) is 2.94. The van der Waals surface area contributed by atoms with E-state index >= 15 is 0 Å². The van der Waals surface area contributed by atoms with Crippen LogP contribution < -0.4 is 0 Å². The number of carboxylic acids is 1. The van der Waals surface area contributed by atoms with Gasteiger partial charge in [0.05, 0.1) is 11.4 Å². The van der Waals surface area contributed by atoms with Gasteiger partial charge >= 0.3 is 5.97 Å². The van der Waals surface area contributed by atoms with Crippen LogP contribution in [0.2, 0.25) is 0 Å². The molecule has 4 nitrogen and oxygen atoms in total. The number of thioether (sulfide) groups is 1. The molecule has 1 N–H and O–H groups in total. The van der Waals surface area contributed by atoms with E-state index in [0.29, 0.717) is 11.4 Å². The summed E-state index contributed by atoms with van der Waals surface area (Å²) in [5.74, 6) is -0.873. The molecular weight excluding hydrogens is 262 g/mol. The molecule has 0 spiro atoms. The number of aryl methyl sites for hydroxylation is 2. The molecule has 1 amide bonds. The SMILES string of the molecule is Cc1ccc(C2=CSCC(=O)N2CC(=O)O)c(C)c1. The topological polar surface area (TPSA) is 57.6 Å². The molecular formula is C14H15NO3S. The Kier molecular flexibility index (Phi) is 3.95. The number of hydrogen-bond donors (Lipinski definition) is 1. The summed E-state index contributed by atoms with van der Waals surface area (Å²) in [4.78, 5) is 24.1. The molecule has 0 atom stereocenters. The molecule has 2 rings (SSSR count). The van der Waals surface area contributed by atoms with E-state index in [1.54, 1.807) is 0 Å². The number of carbonyl (C=O) groups excluding carboxylic acids is 1. The van der Waals surface area contributed by atoms with Crippen molar-refractivity contribution in [2.24, 2.45) is 0 Å². The number of carboxylic acid groups (broad SMARTS) is 1. The summed E-state index contributed by atoms with van der Waals surface area (Å²) >= 11 is 1.40. The van der Waals surface area contributed by atoms with Gasteiger partial charge in [0.1, 0.15) is 6.54 Å². The molecule has 0 bridgehead atoms. The normalized spacial score (nSPS) is 15.4. The fourth-order valence-corrected chi connectivity index (χ4v) is 2.88. The van der Waals surface area contributed by atoms with Crippen molar-refractivity contribution < 1.29 is 14.7 Å². The summed E-state index contributed by atoms with van der Waals surface area (Å²) in [6.45, 7) is 3.67. The zero-order valence-corrected chi connectivity index (χ0v) is 11.7. The van der Waals surface area contributed by atoms with Gasteiger partial charge in [-0.1, -0.05) is 23.8 Å². The van der Waals surface area contributed by atoms with Gasteiger partial charge in [0, 0.05) is 5.56 Å². The van der Waals surface area contributed by atoms with Crippen molar-refractivity contribution in [1.82, 2.24) is 4.90 Å². The van der Waals surface area contributed by atoms with Gasteiger partial charge in [0.2, 0.25) is 5.91 Å². The Morgan fingerprint density at radius 1 is 1.42 bits per heavy atom. The van der Waals surface area contributed by atoms with Gasteiger partial charge in [-0.3, -0.25) is 14.5 Å². The highest BCUT2D eigenvalue weighted by Crippen LogP contribution is 2.30. The molecule has 0 aromatic heterocycles. The molecule has 1 heterocycles. The van der Waals surface area contributed by atoms with Crippen molar-refractivity contribution in [2.45, 2.75) is 13.8 Å². The zero-order valence-electron chi connectivity index (χ0n) is 10.8. The van der Waals surface area contributed by atoms with E-state index < -0.39 is 5.97 Å². The fraction of sp³-hybridized carbons (Fsp3) is 0.286. The maximum absolute atomic E-state index is 11.9. The molecule has 0 fully saturated rings. The van der Waals surface area contributed by atoms with Crippen LogP contribution >= 0.6 is 11.8 Å². The maximum atomic E-state index is 11.9. The largest absolute Gasteiger partial charge is 0.480 e. The summed E-state index contributed by atoms with van der Waals surface area (Å²) in [7, 11) is 0. The van der Waals surface area contributed by atoms with Crippen molar-refractivity contribution in [2.75, 3.05) is 12.3 Å². The standard InChI is InChI=1S/C14H15NO3S/c1-9-3-4-11(10(2)5-9)12-7-19-8-13(16)15(12)6-14(17)18/h3-5,7H,6,8H2,1-2H3,(H,17,18). The molecule has 0 aliphatic carbocycles. The van der Waals surface area contributed by atoms with E-state index in [1.807, 2.05) is 37.5 Å². The van der Waals surface area contributed by atoms with E-state index in [4.69, 9.17) is 5.11 Å². The van der Waals surface area contributed by atoms with Gasteiger partial charge in [0.25, 0.3) is 0 Å². The first kappa shape index (κ1) is 13.7. The highest BCUT2D eigenvalue weighted by atomic mass is 32.2. The molecule has 5 heteroatoms. The summed E-state index contributed by atoms with van der Waals surface area (Å²) in [6, 6.07) is 5.93. The highest BCUT2D eigenvalue weighted by Gasteiger charge is 2.25. The smallest absolute Gasteiger partial charge is 0.323 e. The molecule has 100 valence electrons. The van der Waals surface area contributed by atoms with Crippen LogP contribution in [-0.4, -0.2) is 34.2 Å². The van der Waals surface area contributed by atoms with Crippen LogP contribution in [0, 0.1) is 13.8 Å². The van der Waals surface area contributed by atoms with Crippen molar-refractivity contribution in [1.29, 1.82) is 0 Å². The molecule has 0 saturated heterocycles. The monoisotopic (exact) mass is 277 g/mol. The van der Waals surface area contributed by atoms with Crippen molar-refractivity contribution in [3.8, 4) is 0 Å². The molecule has 1 aliphatic rings. The van der Waals surface area contributed by atoms with E-state index in [1.165, 1.54) is 16.7 Å². The first-order valence-corrected chi connectivity index (χ1v) is 6.95. The van der Waals surface area contributed by atoms with Crippen LogP contribution in [0.1, 0.15) is 16.7 Å². The van der Waals surface area contributed by atoms with Crippen LogP contribution in [0.5, 0.6) is 0 Å². The Morgan fingerprint density at radius 3 is 2.79 bits per heavy atom. The van der Waals surface area contributed by atoms with E-state index in [9.17, 15) is 9.59 Å². The summed E-state index contributed by atoms with van der Waals surface area (Å²) < 4.78 is 0. The van der Waals surface area contributed by atoms with Crippen molar-refractivity contribution in [3.05, 3.63) is 40.3 Å². The van der Waals surface area contributed by atoms with Crippen molar-refractivity contribution >= 4 is 29.3 Å². The van der Waals surface area contributed by atoms with Crippen LogP contribution in [0.15, 0.2) is 23.6 Å². The van der Waals surface area contributed by atoms with E-state index in [-0.39, 0.29) is 12.5 Å². The molecule has 1 aliphatic heterocycles. The van der Waals surface area contributed by atoms with Gasteiger partial charge in [-0.15, -0.1) is 11.8 Å². The fourth-order valence-electron chi connectivity index (χ4n) is 2.09. The number of benzene rings is 1. The Labute approximate surface area is 116 Å². The molecule has 0 saturated carbocycles. The van der Waals surface area contributed by atoms with Crippen LogP contribution in [0.25, 0.3) is 5.70 Å².